The third-order valence-corrected chi connectivity index (χ3v) is 2.82. The van der Waals surface area contributed by atoms with E-state index < -0.39 is 10.1 Å². The number of carbonyl (C=O) groups excluding carboxylic acids is 1. The molecule has 16 heavy (non-hydrogen) atoms. The summed E-state index contributed by atoms with van der Waals surface area (Å²) in [6.45, 7) is 2.31. The summed E-state index contributed by atoms with van der Waals surface area (Å²) in [5.41, 5.74) is 0. The lowest BCUT2D eigenvalue weighted by molar-refractivity contribution is -0.143. The monoisotopic (exact) mass is 252 g/mol. The predicted molar refractivity (Wildman–Crippen MR) is 60.8 cm³/mol. The summed E-state index contributed by atoms with van der Waals surface area (Å²) in [7, 11) is -3.82. The quantitative estimate of drug-likeness (QED) is 0.384. The van der Waals surface area contributed by atoms with E-state index in [0.717, 1.165) is 19.3 Å². The predicted octanol–water partition coefficient (Wildman–Crippen LogP) is 1.78. The van der Waals surface area contributed by atoms with Crippen LogP contribution < -0.4 is 0 Å². The zero-order chi connectivity index (χ0) is 12.4. The maximum Gasteiger partial charge on any atom is 0.305 e. The van der Waals surface area contributed by atoms with Crippen molar-refractivity contribution >= 4 is 16.1 Å². The molecule has 0 amide bonds. The maximum atomic E-state index is 10.9. The molecule has 0 aliphatic carbocycles. The van der Waals surface area contributed by atoms with Crippen LogP contribution >= 0.6 is 0 Å². The molecule has 1 N–H and O–H groups in total. The smallest absolute Gasteiger partial charge is 0.305 e. The molecule has 0 radical (unpaired) electrons. The Morgan fingerprint density at radius 1 is 1.19 bits per heavy atom. The summed E-state index contributed by atoms with van der Waals surface area (Å²) in [6, 6.07) is 0. The first-order valence-electron chi connectivity index (χ1n) is 5.56. The Morgan fingerprint density at radius 2 is 1.81 bits per heavy atom. The SMILES string of the molecule is CCCC(=O)OCCCCCCS(=O)(=O)O. The second-order valence-corrected chi connectivity index (χ2v) is 5.24. The van der Waals surface area contributed by atoms with Gasteiger partial charge < -0.3 is 4.74 Å². The molecule has 0 saturated carbocycles. The minimum atomic E-state index is -3.82. The highest BCUT2D eigenvalue weighted by molar-refractivity contribution is 7.85. The van der Waals surface area contributed by atoms with Gasteiger partial charge >= 0.3 is 5.97 Å². The van der Waals surface area contributed by atoms with Crippen LogP contribution in [-0.2, 0) is 19.6 Å². The molecule has 0 aromatic rings. The van der Waals surface area contributed by atoms with Gasteiger partial charge in [-0.25, -0.2) is 0 Å². The molecule has 0 atom stereocenters. The van der Waals surface area contributed by atoms with Crippen molar-refractivity contribution in [2.24, 2.45) is 0 Å². The highest BCUT2D eigenvalue weighted by Gasteiger charge is 2.03. The van der Waals surface area contributed by atoms with Crippen LogP contribution in [-0.4, -0.2) is 31.3 Å². The number of unbranched alkanes of at least 4 members (excludes halogenated alkanes) is 3. The van der Waals surface area contributed by atoms with E-state index in [1.807, 2.05) is 6.92 Å². The Morgan fingerprint density at radius 3 is 2.38 bits per heavy atom. The van der Waals surface area contributed by atoms with Crippen LogP contribution in [0.3, 0.4) is 0 Å². The van der Waals surface area contributed by atoms with Crippen molar-refractivity contribution in [1.82, 2.24) is 0 Å². The topological polar surface area (TPSA) is 80.7 Å². The number of esters is 1. The molecule has 0 aromatic carbocycles. The Bertz CT molecular complexity index is 284. The number of carbonyl (C=O) groups is 1. The van der Waals surface area contributed by atoms with Gasteiger partial charge in [-0.3, -0.25) is 9.35 Å². The van der Waals surface area contributed by atoms with Crippen molar-refractivity contribution in [2.45, 2.75) is 45.4 Å². The average molecular weight is 252 g/mol. The zero-order valence-electron chi connectivity index (χ0n) is 9.65. The molecule has 0 aromatic heterocycles. The van der Waals surface area contributed by atoms with Crippen molar-refractivity contribution in [3.63, 3.8) is 0 Å². The van der Waals surface area contributed by atoms with Crippen LogP contribution in [0.15, 0.2) is 0 Å². The number of hydrogen-bond donors (Lipinski definition) is 1. The first kappa shape index (κ1) is 15.4. The Balaban J connectivity index is 3.25. The van der Waals surface area contributed by atoms with E-state index >= 15 is 0 Å². The first-order valence-corrected chi connectivity index (χ1v) is 7.17. The third-order valence-electron chi connectivity index (χ3n) is 2.01. The molecule has 96 valence electrons. The van der Waals surface area contributed by atoms with Gasteiger partial charge in [0.25, 0.3) is 10.1 Å². The van der Waals surface area contributed by atoms with Crippen LogP contribution in [0.4, 0.5) is 0 Å². The van der Waals surface area contributed by atoms with Gasteiger partial charge in [-0.05, 0) is 19.3 Å². The molecule has 0 fully saturated rings. The van der Waals surface area contributed by atoms with Gasteiger partial charge in [0.1, 0.15) is 0 Å². The van der Waals surface area contributed by atoms with Crippen molar-refractivity contribution in [3.8, 4) is 0 Å². The zero-order valence-corrected chi connectivity index (χ0v) is 10.5. The van der Waals surface area contributed by atoms with Crippen molar-refractivity contribution in [1.29, 1.82) is 0 Å². The molecule has 5 nitrogen and oxygen atoms in total. The summed E-state index contributed by atoms with van der Waals surface area (Å²) in [6.07, 6.45) is 3.93. The van der Waals surface area contributed by atoms with Crippen molar-refractivity contribution in [2.75, 3.05) is 12.4 Å². The lowest BCUT2D eigenvalue weighted by atomic mass is 10.2. The van der Waals surface area contributed by atoms with Gasteiger partial charge in [-0.2, -0.15) is 8.42 Å². The summed E-state index contributed by atoms with van der Waals surface area (Å²) in [4.78, 5) is 10.9. The second kappa shape index (κ2) is 8.52. The molecule has 0 spiro atoms. The molecule has 0 aliphatic heterocycles. The molecule has 0 heterocycles. The highest BCUT2D eigenvalue weighted by Crippen LogP contribution is 2.02. The molecule has 0 aliphatic rings. The fourth-order valence-electron chi connectivity index (χ4n) is 1.20. The molecule has 0 unspecified atom stereocenters. The van der Waals surface area contributed by atoms with Gasteiger partial charge in [-0.15, -0.1) is 0 Å². The van der Waals surface area contributed by atoms with Gasteiger partial charge in [0.2, 0.25) is 0 Å². The lowest BCUT2D eigenvalue weighted by Crippen LogP contribution is -2.06. The molecule has 0 rings (SSSR count). The lowest BCUT2D eigenvalue weighted by Gasteiger charge is -2.03. The van der Waals surface area contributed by atoms with Gasteiger partial charge in [-0.1, -0.05) is 19.8 Å². The Kier molecular flexibility index (Phi) is 8.19. The van der Waals surface area contributed by atoms with E-state index in [2.05, 4.69) is 0 Å². The number of hydrogen-bond acceptors (Lipinski definition) is 4. The highest BCUT2D eigenvalue weighted by atomic mass is 32.2. The van der Waals surface area contributed by atoms with Crippen LogP contribution in [0.2, 0.25) is 0 Å². The maximum absolute atomic E-state index is 10.9. The normalized spacial score (nSPS) is 11.4. The minimum absolute atomic E-state index is 0.180. The van der Waals surface area contributed by atoms with E-state index in [9.17, 15) is 13.2 Å². The number of ether oxygens (including phenoxy) is 1. The fourth-order valence-corrected chi connectivity index (χ4v) is 1.77. The summed E-state index contributed by atoms with van der Waals surface area (Å²) in [5, 5.41) is 0. The minimum Gasteiger partial charge on any atom is -0.466 e. The van der Waals surface area contributed by atoms with E-state index in [4.69, 9.17) is 9.29 Å². The van der Waals surface area contributed by atoms with E-state index in [-0.39, 0.29) is 11.7 Å². The van der Waals surface area contributed by atoms with E-state index in [1.165, 1.54) is 0 Å². The molecular formula is C10H20O5S. The standard InChI is InChI=1S/C10H20O5S/c1-2-7-10(11)15-8-5-3-4-6-9-16(12,13)14/h2-9H2,1H3,(H,12,13,14). The largest absolute Gasteiger partial charge is 0.466 e. The fraction of sp³-hybridized carbons (Fsp3) is 0.900. The van der Waals surface area contributed by atoms with Crippen LogP contribution in [0.25, 0.3) is 0 Å². The molecule has 0 bridgehead atoms. The third kappa shape index (κ3) is 11.5. The van der Waals surface area contributed by atoms with Gasteiger partial charge in [0.05, 0.1) is 12.4 Å². The Labute approximate surface area is 96.9 Å². The molecule has 6 heteroatoms. The van der Waals surface area contributed by atoms with Crippen molar-refractivity contribution < 1.29 is 22.5 Å². The van der Waals surface area contributed by atoms with E-state index in [1.54, 1.807) is 0 Å². The summed E-state index contributed by atoms with van der Waals surface area (Å²) >= 11 is 0. The van der Waals surface area contributed by atoms with E-state index in [0.29, 0.717) is 25.9 Å². The van der Waals surface area contributed by atoms with Crippen LogP contribution in [0, 0.1) is 0 Å². The van der Waals surface area contributed by atoms with Crippen molar-refractivity contribution in [3.05, 3.63) is 0 Å². The van der Waals surface area contributed by atoms with Crippen LogP contribution in [0.5, 0.6) is 0 Å². The Hall–Kier alpha value is -0.620. The first-order chi connectivity index (χ1) is 7.45. The average Bonchev–Trinajstić information content (AvgIpc) is 2.15. The summed E-state index contributed by atoms with van der Waals surface area (Å²) in [5.74, 6) is -0.372. The van der Waals surface area contributed by atoms with Crippen LogP contribution in [0.1, 0.15) is 45.4 Å². The van der Waals surface area contributed by atoms with Gasteiger partial charge in [0.15, 0.2) is 0 Å². The molecule has 0 saturated heterocycles. The van der Waals surface area contributed by atoms with Gasteiger partial charge in [0, 0.05) is 6.42 Å². The summed E-state index contributed by atoms with van der Waals surface area (Å²) < 4.78 is 34.1. The number of rotatable bonds is 9. The molecular weight excluding hydrogens is 232 g/mol. The second-order valence-electron chi connectivity index (χ2n) is 3.67.